The van der Waals surface area contributed by atoms with Gasteiger partial charge in [0.05, 0.1) is 0 Å². The maximum Gasteiger partial charge on any atom is 0.191 e. The zero-order valence-electron chi connectivity index (χ0n) is 10.0. The Kier molecular flexibility index (Phi) is 4.23. The van der Waals surface area contributed by atoms with Gasteiger partial charge in [0, 0.05) is 18.3 Å². The monoisotopic (exact) mass is 240 g/mol. The maximum atomic E-state index is 4.15. The van der Waals surface area contributed by atoms with Gasteiger partial charge < -0.3 is 9.88 Å². The maximum absolute atomic E-state index is 4.15. The van der Waals surface area contributed by atoms with Crippen LogP contribution in [0.3, 0.4) is 0 Å². The number of thioether (sulfide) groups is 1. The molecule has 0 saturated heterocycles. The molecule has 2 unspecified atom stereocenters. The van der Waals surface area contributed by atoms with Gasteiger partial charge >= 0.3 is 0 Å². The lowest BCUT2D eigenvalue weighted by molar-refractivity contribution is 0.390. The summed E-state index contributed by atoms with van der Waals surface area (Å²) >= 11 is 1.87. The lowest BCUT2D eigenvalue weighted by Crippen LogP contribution is -2.40. The highest BCUT2D eigenvalue weighted by molar-refractivity contribution is 7.99. The Balaban J connectivity index is 1.98. The second kappa shape index (κ2) is 5.68. The van der Waals surface area contributed by atoms with Crippen molar-refractivity contribution in [2.24, 2.45) is 7.05 Å². The molecule has 1 fully saturated rings. The van der Waals surface area contributed by atoms with Gasteiger partial charge in [0.25, 0.3) is 0 Å². The van der Waals surface area contributed by atoms with Crippen molar-refractivity contribution in [3.8, 4) is 0 Å². The van der Waals surface area contributed by atoms with Crippen molar-refractivity contribution < 1.29 is 0 Å². The lowest BCUT2D eigenvalue weighted by atomic mass is 9.95. The summed E-state index contributed by atoms with van der Waals surface area (Å²) in [6.45, 7) is 3.24. The molecule has 90 valence electrons. The molecule has 5 heteroatoms. The Hall–Kier alpha value is -0.550. The van der Waals surface area contributed by atoms with Gasteiger partial charge in [-0.05, 0) is 19.4 Å². The molecular weight excluding hydrogens is 220 g/mol. The number of nitrogens with zero attached hydrogens (tertiary/aromatic N) is 3. The van der Waals surface area contributed by atoms with E-state index in [1.807, 2.05) is 23.4 Å². The van der Waals surface area contributed by atoms with E-state index in [4.69, 9.17) is 0 Å². The van der Waals surface area contributed by atoms with Gasteiger partial charge in [-0.1, -0.05) is 31.5 Å². The molecule has 0 bridgehead atoms. The van der Waals surface area contributed by atoms with E-state index >= 15 is 0 Å². The average molecular weight is 240 g/mol. The van der Waals surface area contributed by atoms with E-state index in [9.17, 15) is 0 Å². The van der Waals surface area contributed by atoms with Crippen molar-refractivity contribution in [2.75, 3.05) is 6.54 Å². The zero-order valence-corrected chi connectivity index (χ0v) is 10.8. The molecule has 1 aromatic rings. The van der Waals surface area contributed by atoms with Crippen LogP contribution >= 0.6 is 11.8 Å². The highest BCUT2D eigenvalue weighted by Crippen LogP contribution is 2.32. The van der Waals surface area contributed by atoms with Crippen molar-refractivity contribution in [3.63, 3.8) is 0 Å². The first-order valence-electron chi connectivity index (χ1n) is 6.05. The predicted octanol–water partition coefficient (Wildman–Crippen LogP) is 1.83. The van der Waals surface area contributed by atoms with Crippen molar-refractivity contribution >= 4 is 11.8 Å². The van der Waals surface area contributed by atoms with Crippen LogP contribution < -0.4 is 5.32 Å². The molecule has 1 heterocycles. The molecule has 1 aliphatic rings. The fraction of sp³-hybridized carbons (Fsp3) is 0.818. The molecule has 0 amide bonds. The van der Waals surface area contributed by atoms with E-state index in [1.165, 1.54) is 25.7 Å². The van der Waals surface area contributed by atoms with Crippen LogP contribution in [0.4, 0.5) is 0 Å². The van der Waals surface area contributed by atoms with Gasteiger partial charge in [-0.15, -0.1) is 10.2 Å². The van der Waals surface area contributed by atoms with Crippen molar-refractivity contribution in [1.82, 2.24) is 20.1 Å². The van der Waals surface area contributed by atoms with E-state index < -0.39 is 0 Å². The van der Waals surface area contributed by atoms with Crippen LogP contribution in [0.15, 0.2) is 11.5 Å². The summed E-state index contributed by atoms with van der Waals surface area (Å²) in [6, 6.07) is 0.639. The summed E-state index contributed by atoms with van der Waals surface area (Å²) in [5, 5.41) is 13.4. The molecule has 1 aromatic heterocycles. The molecular formula is C11H20N4S. The van der Waals surface area contributed by atoms with Crippen LogP contribution in [0.5, 0.6) is 0 Å². The Morgan fingerprint density at radius 1 is 1.50 bits per heavy atom. The molecule has 1 aliphatic carbocycles. The smallest absolute Gasteiger partial charge is 0.191 e. The van der Waals surface area contributed by atoms with Gasteiger partial charge in [0.15, 0.2) is 5.16 Å². The van der Waals surface area contributed by atoms with Crippen LogP contribution in [0, 0.1) is 0 Å². The van der Waals surface area contributed by atoms with E-state index in [0.29, 0.717) is 11.3 Å². The van der Waals surface area contributed by atoms with Crippen molar-refractivity contribution in [2.45, 2.75) is 49.1 Å². The molecule has 0 aliphatic heterocycles. The first kappa shape index (κ1) is 11.9. The van der Waals surface area contributed by atoms with Gasteiger partial charge in [0.1, 0.15) is 6.33 Å². The normalized spacial score (nSPS) is 25.9. The van der Waals surface area contributed by atoms with Crippen LogP contribution in [-0.2, 0) is 7.05 Å². The largest absolute Gasteiger partial charge is 0.313 e. The Labute approximate surface area is 101 Å². The Morgan fingerprint density at radius 2 is 2.31 bits per heavy atom. The number of hydrogen-bond donors (Lipinski definition) is 1. The minimum Gasteiger partial charge on any atom is -0.313 e. The standard InChI is InChI=1S/C11H20N4S/c1-3-12-9-6-4-5-7-10(9)16-11-14-13-8-15(11)2/h8-10,12H,3-7H2,1-2H3. The Bertz CT molecular complexity index is 324. The predicted molar refractivity (Wildman–Crippen MR) is 66.6 cm³/mol. The number of nitrogens with one attached hydrogen (secondary N) is 1. The van der Waals surface area contributed by atoms with E-state index in [1.54, 1.807) is 6.33 Å². The van der Waals surface area contributed by atoms with Crippen LogP contribution in [-0.4, -0.2) is 32.6 Å². The van der Waals surface area contributed by atoms with E-state index in [2.05, 4.69) is 22.4 Å². The molecule has 0 aromatic carbocycles. The summed E-state index contributed by atoms with van der Waals surface area (Å²) in [6.07, 6.45) is 7.05. The molecule has 1 N–H and O–H groups in total. The molecule has 0 radical (unpaired) electrons. The third kappa shape index (κ3) is 2.77. The topological polar surface area (TPSA) is 42.7 Å². The second-order valence-corrected chi connectivity index (χ2v) is 5.54. The van der Waals surface area contributed by atoms with Gasteiger partial charge in [-0.25, -0.2) is 0 Å². The SMILES string of the molecule is CCNC1CCCCC1Sc1nncn1C. The quantitative estimate of drug-likeness (QED) is 0.872. The van der Waals surface area contributed by atoms with Crippen molar-refractivity contribution in [1.29, 1.82) is 0 Å². The van der Waals surface area contributed by atoms with Crippen LogP contribution in [0.1, 0.15) is 32.6 Å². The summed E-state index contributed by atoms with van der Waals surface area (Å²) < 4.78 is 2.00. The lowest BCUT2D eigenvalue weighted by Gasteiger charge is -2.31. The zero-order chi connectivity index (χ0) is 11.4. The van der Waals surface area contributed by atoms with Gasteiger partial charge in [-0.3, -0.25) is 0 Å². The number of rotatable bonds is 4. The van der Waals surface area contributed by atoms with E-state index in [-0.39, 0.29) is 0 Å². The summed E-state index contributed by atoms with van der Waals surface area (Å²) in [4.78, 5) is 0. The van der Waals surface area contributed by atoms with E-state index in [0.717, 1.165) is 11.7 Å². The fourth-order valence-electron chi connectivity index (χ4n) is 2.25. The minimum absolute atomic E-state index is 0.639. The number of aryl methyl sites for hydroxylation is 1. The third-order valence-corrected chi connectivity index (χ3v) is 4.54. The first-order chi connectivity index (χ1) is 7.81. The van der Waals surface area contributed by atoms with Crippen molar-refractivity contribution in [3.05, 3.63) is 6.33 Å². The van der Waals surface area contributed by atoms with Crippen LogP contribution in [0.2, 0.25) is 0 Å². The summed E-state index contributed by atoms with van der Waals surface area (Å²) in [5.41, 5.74) is 0. The second-order valence-electron chi connectivity index (χ2n) is 4.33. The minimum atomic E-state index is 0.639. The van der Waals surface area contributed by atoms with Gasteiger partial charge in [-0.2, -0.15) is 0 Å². The molecule has 16 heavy (non-hydrogen) atoms. The first-order valence-corrected chi connectivity index (χ1v) is 6.93. The third-order valence-electron chi connectivity index (χ3n) is 3.10. The van der Waals surface area contributed by atoms with Crippen LogP contribution in [0.25, 0.3) is 0 Å². The highest BCUT2D eigenvalue weighted by Gasteiger charge is 2.26. The molecule has 1 saturated carbocycles. The Morgan fingerprint density at radius 3 is 3.00 bits per heavy atom. The molecule has 0 spiro atoms. The summed E-state index contributed by atoms with van der Waals surface area (Å²) in [7, 11) is 2.01. The molecule has 2 atom stereocenters. The summed E-state index contributed by atoms with van der Waals surface area (Å²) in [5.74, 6) is 0. The number of aromatic nitrogens is 3. The molecule has 2 rings (SSSR count). The fourth-order valence-corrected chi connectivity index (χ4v) is 3.51. The van der Waals surface area contributed by atoms with Gasteiger partial charge in [0.2, 0.25) is 0 Å². The average Bonchev–Trinajstić information content (AvgIpc) is 2.68. The highest BCUT2D eigenvalue weighted by atomic mass is 32.2. The molecule has 4 nitrogen and oxygen atoms in total. The number of hydrogen-bond acceptors (Lipinski definition) is 4.